The monoisotopic (exact) mass is 633 g/mol. The maximum atomic E-state index is 12.9. The highest BCUT2D eigenvalue weighted by atomic mass is 32.2. The Labute approximate surface area is 263 Å². The molecule has 238 valence electrons. The van der Waals surface area contributed by atoms with Crippen LogP contribution >= 0.6 is 0 Å². The van der Waals surface area contributed by atoms with Crippen LogP contribution in [0, 0.1) is 6.92 Å². The number of sulfonamides is 1. The number of morpholine rings is 1. The van der Waals surface area contributed by atoms with Crippen LogP contribution in [-0.2, 0) is 26.7 Å². The number of pyridine rings is 1. The number of nitrogens with zero attached hydrogens (tertiary/aromatic N) is 5. The molecule has 0 radical (unpaired) electrons. The minimum Gasteiger partial charge on any atom is -0.494 e. The number of nitrogens with two attached hydrogens (primary N) is 1. The van der Waals surface area contributed by atoms with Gasteiger partial charge in [0.15, 0.2) is 5.75 Å². The minimum absolute atomic E-state index is 0.219. The van der Waals surface area contributed by atoms with Crippen molar-refractivity contribution in [3.05, 3.63) is 71.2 Å². The number of carbonyl (C=O) groups excluding carboxylic acids is 1. The normalized spacial score (nSPS) is 14.4. The van der Waals surface area contributed by atoms with Gasteiger partial charge in [-0.3, -0.25) is 19.4 Å². The molecule has 1 aliphatic heterocycles. The summed E-state index contributed by atoms with van der Waals surface area (Å²) in [6, 6.07) is 11.0. The number of ether oxygens (including phenoxy) is 2. The third kappa shape index (κ3) is 7.16. The molecule has 1 fully saturated rings. The molecule has 2 aromatic carbocycles. The van der Waals surface area contributed by atoms with E-state index in [0.29, 0.717) is 22.5 Å². The number of nitrogens with one attached hydrogen (secondary N) is 1. The van der Waals surface area contributed by atoms with E-state index in [9.17, 15) is 13.2 Å². The van der Waals surface area contributed by atoms with E-state index < -0.39 is 15.9 Å². The molecule has 2 aromatic heterocycles. The second-order valence-electron chi connectivity index (χ2n) is 12.2. The smallest absolute Gasteiger partial charge is 0.249 e. The van der Waals surface area contributed by atoms with Crippen LogP contribution in [0.3, 0.4) is 0 Å². The lowest BCUT2D eigenvalue weighted by atomic mass is 9.83. The Balaban J connectivity index is 1.64. The molecule has 5 rings (SSSR count). The fraction of sp³-hybridized carbons (Fsp3) is 0.375. The first kappa shape index (κ1) is 32.1. The topological polar surface area (TPSA) is 155 Å². The fourth-order valence-corrected chi connectivity index (χ4v) is 5.93. The van der Waals surface area contributed by atoms with E-state index >= 15 is 0 Å². The molecule has 0 spiro atoms. The largest absolute Gasteiger partial charge is 0.494 e. The Morgan fingerprint density at radius 2 is 1.87 bits per heavy atom. The highest BCUT2D eigenvalue weighted by molar-refractivity contribution is 7.92. The van der Waals surface area contributed by atoms with Gasteiger partial charge < -0.3 is 15.2 Å². The van der Waals surface area contributed by atoms with E-state index in [1.165, 1.54) is 7.11 Å². The van der Waals surface area contributed by atoms with Crippen molar-refractivity contribution in [2.45, 2.75) is 39.7 Å². The van der Waals surface area contributed by atoms with E-state index in [4.69, 9.17) is 15.2 Å². The van der Waals surface area contributed by atoms with Crippen molar-refractivity contribution in [3.8, 4) is 33.8 Å². The lowest BCUT2D eigenvalue weighted by Gasteiger charge is -2.26. The van der Waals surface area contributed by atoms with E-state index in [1.807, 2.05) is 45.9 Å². The number of hydrogen-bond acceptors (Lipinski definition) is 9. The highest BCUT2D eigenvalue weighted by Crippen LogP contribution is 2.45. The molecule has 1 amide bonds. The molecular weight excluding hydrogens is 594 g/mol. The molecule has 4 aromatic rings. The van der Waals surface area contributed by atoms with Crippen molar-refractivity contribution in [2.75, 3.05) is 44.4 Å². The van der Waals surface area contributed by atoms with Crippen LogP contribution in [0.15, 0.2) is 48.8 Å². The molecule has 0 bridgehead atoms. The zero-order chi connectivity index (χ0) is 32.5. The van der Waals surface area contributed by atoms with Crippen LogP contribution in [0.1, 0.15) is 48.0 Å². The Hall–Kier alpha value is -4.33. The second-order valence-corrected chi connectivity index (χ2v) is 14.0. The molecule has 3 heterocycles. The standard InChI is InChI=1S/C32H39N7O5S/c1-20-7-10-24(31(33)40)28(25-15-22(32(2,3)4)16-26(30(25)43-5)36-45(6,41)42)29(20)39-19-27(35-37-39)21-8-9-23(34-17-21)18-38-11-13-44-14-12-38/h7-10,15-17,19,36H,11-14,18H2,1-6H3,(H2,33,40). The number of benzene rings is 2. The lowest BCUT2D eigenvalue weighted by Crippen LogP contribution is -2.35. The van der Waals surface area contributed by atoms with Gasteiger partial charge in [-0.15, -0.1) is 5.10 Å². The van der Waals surface area contributed by atoms with Crippen molar-refractivity contribution in [2.24, 2.45) is 5.73 Å². The van der Waals surface area contributed by atoms with Gasteiger partial charge in [-0.25, -0.2) is 13.1 Å². The summed E-state index contributed by atoms with van der Waals surface area (Å²) in [5, 5.41) is 8.88. The molecule has 3 N–H and O–H groups in total. The van der Waals surface area contributed by atoms with Crippen molar-refractivity contribution >= 4 is 21.6 Å². The summed E-state index contributed by atoms with van der Waals surface area (Å²) in [5.74, 6) is -0.421. The quantitative estimate of drug-likeness (QED) is 0.279. The van der Waals surface area contributed by atoms with Gasteiger partial charge in [-0.2, -0.15) is 0 Å². The van der Waals surface area contributed by atoms with Gasteiger partial charge >= 0.3 is 0 Å². The number of aromatic nitrogens is 4. The van der Waals surface area contributed by atoms with E-state index in [1.54, 1.807) is 35.3 Å². The SMILES string of the molecule is COc1c(NS(C)(=O)=O)cc(C(C)(C)C)cc1-c1c(C(N)=O)ccc(C)c1-n1cc(-c2ccc(CN3CCOCC3)nc2)nn1. The number of primary amides is 1. The number of anilines is 1. The molecule has 45 heavy (non-hydrogen) atoms. The number of amides is 1. The number of carbonyl (C=O) groups is 1. The maximum absolute atomic E-state index is 12.9. The number of hydrogen-bond donors (Lipinski definition) is 2. The van der Waals surface area contributed by atoms with Crippen molar-refractivity contribution in [1.29, 1.82) is 0 Å². The zero-order valence-electron chi connectivity index (χ0n) is 26.4. The Bertz CT molecular complexity index is 1820. The summed E-state index contributed by atoms with van der Waals surface area (Å²) in [6.45, 7) is 11.9. The predicted molar refractivity (Wildman–Crippen MR) is 173 cm³/mol. The summed E-state index contributed by atoms with van der Waals surface area (Å²) in [7, 11) is -2.22. The first-order valence-electron chi connectivity index (χ1n) is 14.6. The summed E-state index contributed by atoms with van der Waals surface area (Å²) in [4.78, 5) is 19.8. The van der Waals surface area contributed by atoms with Crippen LogP contribution in [-0.4, -0.2) is 78.9 Å². The Morgan fingerprint density at radius 3 is 2.47 bits per heavy atom. The van der Waals surface area contributed by atoms with Gasteiger partial charge in [0.05, 0.1) is 49.8 Å². The number of methoxy groups -OCH3 is 1. The van der Waals surface area contributed by atoms with Crippen molar-refractivity contribution in [3.63, 3.8) is 0 Å². The molecule has 1 saturated heterocycles. The van der Waals surface area contributed by atoms with Crippen LogP contribution < -0.4 is 15.2 Å². The van der Waals surface area contributed by atoms with Crippen LogP contribution in [0.2, 0.25) is 0 Å². The molecule has 0 saturated carbocycles. The summed E-state index contributed by atoms with van der Waals surface area (Å²) in [6.07, 6.45) is 4.62. The average molecular weight is 634 g/mol. The van der Waals surface area contributed by atoms with E-state index in [2.05, 4.69) is 24.9 Å². The van der Waals surface area contributed by atoms with E-state index in [0.717, 1.165) is 61.5 Å². The van der Waals surface area contributed by atoms with Crippen LogP contribution in [0.4, 0.5) is 5.69 Å². The van der Waals surface area contributed by atoms with Crippen molar-refractivity contribution < 1.29 is 22.7 Å². The van der Waals surface area contributed by atoms with Gasteiger partial charge in [-0.1, -0.05) is 32.1 Å². The van der Waals surface area contributed by atoms with Crippen molar-refractivity contribution in [1.82, 2.24) is 24.9 Å². The fourth-order valence-electron chi connectivity index (χ4n) is 5.37. The highest BCUT2D eigenvalue weighted by Gasteiger charge is 2.27. The number of aryl methyl sites for hydroxylation is 1. The summed E-state index contributed by atoms with van der Waals surface area (Å²) in [5.41, 5.74) is 11.4. The van der Waals surface area contributed by atoms with E-state index in [-0.39, 0.29) is 22.4 Å². The van der Waals surface area contributed by atoms with Gasteiger partial charge in [-0.05, 0) is 53.8 Å². The second kappa shape index (κ2) is 12.6. The zero-order valence-corrected chi connectivity index (χ0v) is 27.2. The maximum Gasteiger partial charge on any atom is 0.249 e. The molecule has 0 atom stereocenters. The lowest BCUT2D eigenvalue weighted by molar-refractivity contribution is 0.0336. The first-order valence-corrected chi connectivity index (χ1v) is 16.5. The summed E-state index contributed by atoms with van der Waals surface area (Å²) >= 11 is 0. The first-order chi connectivity index (χ1) is 21.2. The van der Waals surface area contributed by atoms with Gasteiger partial charge in [0, 0.05) is 48.1 Å². The molecule has 12 nitrogen and oxygen atoms in total. The van der Waals surface area contributed by atoms with Gasteiger partial charge in [0.25, 0.3) is 0 Å². The number of rotatable bonds is 9. The Morgan fingerprint density at radius 1 is 1.13 bits per heavy atom. The summed E-state index contributed by atoms with van der Waals surface area (Å²) < 4.78 is 40.2. The molecular formula is C32H39N7O5S. The van der Waals surface area contributed by atoms with Crippen LogP contribution in [0.5, 0.6) is 5.75 Å². The molecule has 0 unspecified atom stereocenters. The van der Waals surface area contributed by atoms with Gasteiger partial charge in [0.2, 0.25) is 15.9 Å². The molecule has 1 aliphatic rings. The predicted octanol–water partition coefficient (Wildman–Crippen LogP) is 3.91. The molecule has 13 heteroatoms. The Kier molecular flexibility index (Phi) is 8.97. The third-order valence-electron chi connectivity index (χ3n) is 7.70. The van der Waals surface area contributed by atoms with Crippen LogP contribution in [0.25, 0.3) is 28.1 Å². The van der Waals surface area contributed by atoms with Gasteiger partial charge in [0.1, 0.15) is 5.69 Å². The third-order valence-corrected chi connectivity index (χ3v) is 8.29. The minimum atomic E-state index is -3.67. The average Bonchev–Trinajstić information content (AvgIpc) is 3.46. The molecule has 0 aliphatic carbocycles.